The molecule has 0 spiro atoms. The van der Waals surface area contributed by atoms with E-state index in [4.69, 9.17) is 5.26 Å². The van der Waals surface area contributed by atoms with E-state index in [1.165, 1.54) is 0 Å². The van der Waals surface area contributed by atoms with Gasteiger partial charge in [0.25, 0.3) is 5.91 Å². The number of amides is 1. The van der Waals surface area contributed by atoms with Gasteiger partial charge < -0.3 is 9.88 Å². The first kappa shape index (κ1) is 13.4. The number of aromatic nitrogens is 2. The molecule has 1 N–H and O–H groups in total. The third kappa shape index (κ3) is 2.95. The Kier molecular flexibility index (Phi) is 3.69. The average Bonchev–Trinajstić information content (AvgIpc) is 3.00. The predicted molar refractivity (Wildman–Crippen MR) is 77.5 cm³/mol. The number of hydrogen-bond acceptors (Lipinski definition) is 3. The molecule has 2 aromatic rings. The van der Waals surface area contributed by atoms with Crippen molar-refractivity contribution in [3.63, 3.8) is 0 Å². The molecule has 1 aliphatic heterocycles. The zero-order chi connectivity index (χ0) is 14.7. The monoisotopic (exact) mass is 280 g/mol. The third-order valence-corrected chi connectivity index (χ3v) is 3.84. The van der Waals surface area contributed by atoms with Crippen LogP contribution in [0.2, 0.25) is 0 Å². The molecule has 0 fully saturated rings. The van der Waals surface area contributed by atoms with E-state index in [9.17, 15) is 4.79 Å². The smallest absolute Gasteiger partial charge is 0.251 e. The number of nitrogens with zero attached hydrogens (tertiary/aromatic N) is 3. The number of hydrogen-bond donors (Lipinski definition) is 1. The molecule has 1 aromatic carbocycles. The van der Waals surface area contributed by atoms with Crippen molar-refractivity contribution in [1.82, 2.24) is 14.9 Å². The molecule has 0 aliphatic carbocycles. The summed E-state index contributed by atoms with van der Waals surface area (Å²) in [7, 11) is 0. The van der Waals surface area contributed by atoms with Crippen molar-refractivity contribution in [2.24, 2.45) is 5.92 Å². The summed E-state index contributed by atoms with van der Waals surface area (Å²) in [6.07, 6.45) is 5.80. The highest BCUT2D eigenvalue weighted by molar-refractivity contribution is 5.94. The molecular formula is C16H16N4O. The van der Waals surface area contributed by atoms with Crippen molar-refractivity contribution in [3.8, 4) is 6.07 Å². The summed E-state index contributed by atoms with van der Waals surface area (Å²) in [5, 5.41) is 11.8. The molecule has 1 aromatic heterocycles. The molecule has 106 valence electrons. The van der Waals surface area contributed by atoms with Gasteiger partial charge in [0.15, 0.2) is 0 Å². The van der Waals surface area contributed by atoms with Gasteiger partial charge in [0, 0.05) is 37.5 Å². The average molecular weight is 280 g/mol. The minimum atomic E-state index is -0.122. The van der Waals surface area contributed by atoms with E-state index >= 15 is 0 Å². The van der Waals surface area contributed by atoms with Crippen LogP contribution in [0.5, 0.6) is 0 Å². The van der Waals surface area contributed by atoms with Crippen molar-refractivity contribution in [2.75, 3.05) is 6.54 Å². The van der Waals surface area contributed by atoms with Gasteiger partial charge in [-0.25, -0.2) is 4.98 Å². The van der Waals surface area contributed by atoms with E-state index in [0.29, 0.717) is 23.6 Å². The molecule has 0 radical (unpaired) electrons. The number of imidazole rings is 1. The van der Waals surface area contributed by atoms with Gasteiger partial charge in [-0.3, -0.25) is 4.79 Å². The van der Waals surface area contributed by atoms with E-state index in [1.54, 1.807) is 24.3 Å². The predicted octanol–water partition coefficient (Wildman–Crippen LogP) is 1.75. The molecule has 2 heterocycles. The van der Waals surface area contributed by atoms with Gasteiger partial charge in [-0.2, -0.15) is 5.26 Å². The SMILES string of the molecule is N#Cc1cccc(C(=O)NC[C@H]2CCc3nccn3C2)c1. The van der Waals surface area contributed by atoms with Crippen molar-refractivity contribution in [2.45, 2.75) is 19.4 Å². The zero-order valence-electron chi connectivity index (χ0n) is 11.6. The highest BCUT2D eigenvalue weighted by Gasteiger charge is 2.19. The Morgan fingerprint density at radius 3 is 3.29 bits per heavy atom. The molecule has 21 heavy (non-hydrogen) atoms. The third-order valence-electron chi connectivity index (χ3n) is 3.84. The van der Waals surface area contributed by atoms with Gasteiger partial charge in [0.2, 0.25) is 0 Å². The number of aryl methyl sites for hydroxylation is 1. The van der Waals surface area contributed by atoms with Crippen LogP contribution in [0.4, 0.5) is 0 Å². The summed E-state index contributed by atoms with van der Waals surface area (Å²) < 4.78 is 2.15. The summed E-state index contributed by atoms with van der Waals surface area (Å²) in [4.78, 5) is 16.4. The topological polar surface area (TPSA) is 70.7 Å². The number of fused-ring (bicyclic) bond motifs is 1. The fourth-order valence-electron chi connectivity index (χ4n) is 2.67. The second kappa shape index (κ2) is 5.80. The quantitative estimate of drug-likeness (QED) is 0.931. The molecule has 1 aliphatic rings. The largest absolute Gasteiger partial charge is 0.352 e. The maximum Gasteiger partial charge on any atom is 0.251 e. The Labute approximate surface area is 123 Å². The van der Waals surface area contributed by atoms with Crippen LogP contribution >= 0.6 is 0 Å². The van der Waals surface area contributed by atoms with Gasteiger partial charge in [0.1, 0.15) is 5.82 Å². The lowest BCUT2D eigenvalue weighted by atomic mass is 9.99. The summed E-state index contributed by atoms with van der Waals surface area (Å²) in [6.45, 7) is 1.54. The fourth-order valence-corrected chi connectivity index (χ4v) is 2.67. The molecule has 0 saturated carbocycles. The summed E-state index contributed by atoms with van der Waals surface area (Å²) in [5.41, 5.74) is 1.04. The van der Waals surface area contributed by atoms with Crippen LogP contribution in [-0.4, -0.2) is 22.0 Å². The molecular weight excluding hydrogens is 264 g/mol. The molecule has 5 heteroatoms. The Balaban J connectivity index is 1.58. The lowest BCUT2D eigenvalue weighted by Crippen LogP contribution is -2.33. The molecule has 3 rings (SSSR count). The summed E-state index contributed by atoms with van der Waals surface area (Å²) in [5.74, 6) is 1.43. The standard InChI is InChI=1S/C16H16N4O/c17-9-12-2-1-3-14(8-12)16(21)19-10-13-4-5-15-18-6-7-20(15)11-13/h1-3,6-8,13H,4-5,10-11H2,(H,19,21)/t13-/m1/s1. The van der Waals surface area contributed by atoms with Crippen LogP contribution in [0.25, 0.3) is 0 Å². The van der Waals surface area contributed by atoms with Crippen LogP contribution in [0, 0.1) is 17.2 Å². The number of carbonyl (C=O) groups is 1. The van der Waals surface area contributed by atoms with E-state index in [2.05, 4.69) is 14.9 Å². The van der Waals surface area contributed by atoms with Gasteiger partial charge in [-0.15, -0.1) is 0 Å². The first-order valence-corrected chi connectivity index (χ1v) is 7.04. The Morgan fingerprint density at radius 1 is 1.52 bits per heavy atom. The van der Waals surface area contributed by atoms with Gasteiger partial charge in [-0.05, 0) is 30.5 Å². The van der Waals surface area contributed by atoms with Gasteiger partial charge in [-0.1, -0.05) is 6.07 Å². The van der Waals surface area contributed by atoms with Crippen LogP contribution in [0.3, 0.4) is 0 Å². The number of nitrogens with one attached hydrogen (secondary N) is 1. The van der Waals surface area contributed by atoms with E-state index in [0.717, 1.165) is 25.2 Å². The maximum absolute atomic E-state index is 12.1. The fraction of sp³-hybridized carbons (Fsp3) is 0.312. The van der Waals surface area contributed by atoms with Gasteiger partial charge in [0.05, 0.1) is 11.6 Å². The van der Waals surface area contributed by atoms with Crippen molar-refractivity contribution in [1.29, 1.82) is 5.26 Å². The molecule has 0 saturated heterocycles. The first-order valence-electron chi connectivity index (χ1n) is 7.04. The Bertz CT molecular complexity index is 698. The summed E-state index contributed by atoms with van der Waals surface area (Å²) >= 11 is 0. The zero-order valence-corrected chi connectivity index (χ0v) is 11.6. The van der Waals surface area contributed by atoms with Crippen molar-refractivity contribution >= 4 is 5.91 Å². The molecule has 5 nitrogen and oxygen atoms in total. The highest BCUT2D eigenvalue weighted by Crippen LogP contribution is 2.18. The number of rotatable bonds is 3. The lowest BCUT2D eigenvalue weighted by molar-refractivity contribution is 0.0943. The normalized spacial score (nSPS) is 16.8. The Hall–Kier alpha value is -2.61. The van der Waals surface area contributed by atoms with Gasteiger partial charge >= 0.3 is 0 Å². The van der Waals surface area contributed by atoms with Crippen molar-refractivity contribution < 1.29 is 4.79 Å². The number of benzene rings is 1. The van der Waals surface area contributed by atoms with Crippen LogP contribution < -0.4 is 5.32 Å². The minimum Gasteiger partial charge on any atom is -0.352 e. The lowest BCUT2D eigenvalue weighted by Gasteiger charge is -2.23. The van der Waals surface area contributed by atoms with Crippen LogP contribution in [0.15, 0.2) is 36.7 Å². The first-order chi connectivity index (χ1) is 10.3. The highest BCUT2D eigenvalue weighted by atomic mass is 16.1. The maximum atomic E-state index is 12.1. The Morgan fingerprint density at radius 2 is 2.43 bits per heavy atom. The number of nitriles is 1. The molecule has 1 atom stereocenters. The summed E-state index contributed by atoms with van der Waals surface area (Å²) in [6, 6.07) is 8.81. The van der Waals surface area contributed by atoms with E-state index in [-0.39, 0.29) is 5.91 Å². The second-order valence-corrected chi connectivity index (χ2v) is 5.30. The second-order valence-electron chi connectivity index (χ2n) is 5.30. The van der Waals surface area contributed by atoms with Crippen LogP contribution in [0.1, 0.15) is 28.2 Å². The number of carbonyl (C=O) groups excluding carboxylic acids is 1. The van der Waals surface area contributed by atoms with E-state index < -0.39 is 0 Å². The minimum absolute atomic E-state index is 0.122. The molecule has 1 amide bonds. The van der Waals surface area contributed by atoms with Crippen LogP contribution in [-0.2, 0) is 13.0 Å². The van der Waals surface area contributed by atoms with Crippen molar-refractivity contribution in [3.05, 3.63) is 53.6 Å². The molecule has 0 unspecified atom stereocenters. The van der Waals surface area contributed by atoms with E-state index in [1.807, 2.05) is 18.5 Å². The molecule has 0 bridgehead atoms.